The average molecular weight is 322 g/mol. The molecule has 0 aliphatic carbocycles. The van der Waals surface area contributed by atoms with Gasteiger partial charge in [-0.05, 0) is 24.8 Å². The molecular formula is C20H35NS. The van der Waals surface area contributed by atoms with Crippen molar-refractivity contribution in [2.24, 2.45) is 0 Å². The van der Waals surface area contributed by atoms with E-state index in [2.05, 4.69) is 61.0 Å². The highest BCUT2D eigenvalue weighted by Gasteiger charge is 2.00. The molecule has 0 amide bonds. The highest BCUT2D eigenvalue weighted by atomic mass is 32.2. The summed E-state index contributed by atoms with van der Waals surface area (Å²) in [5, 5.41) is 0. The number of nitrogens with zero attached hydrogens (tertiary/aromatic N) is 1. The van der Waals surface area contributed by atoms with E-state index in [1.807, 2.05) is 0 Å². The van der Waals surface area contributed by atoms with Crippen LogP contribution in [-0.2, 0) is 6.54 Å². The third-order valence-electron chi connectivity index (χ3n) is 4.00. The van der Waals surface area contributed by atoms with Crippen LogP contribution in [0.15, 0.2) is 30.3 Å². The third kappa shape index (κ3) is 11.1. The molecule has 0 aliphatic rings. The first kappa shape index (κ1) is 19.6. The number of rotatable bonds is 14. The summed E-state index contributed by atoms with van der Waals surface area (Å²) in [5.74, 6) is 2.46. The minimum atomic E-state index is 1.06. The van der Waals surface area contributed by atoms with Crippen LogP contribution in [-0.4, -0.2) is 23.6 Å². The molecule has 1 nitrogen and oxygen atoms in total. The van der Waals surface area contributed by atoms with Crippen molar-refractivity contribution in [1.82, 2.24) is 4.90 Å². The lowest BCUT2D eigenvalue weighted by molar-refractivity contribution is 0.386. The molecule has 0 saturated carbocycles. The maximum Gasteiger partial charge on any atom is 0.0444 e. The van der Waals surface area contributed by atoms with Gasteiger partial charge in [0.15, 0.2) is 0 Å². The van der Waals surface area contributed by atoms with Gasteiger partial charge >= 0.3 is 0 Å². The predicted molar refractivity (Wildman–Crippen MR) is 102 cm³/mol. The van der Waals surface area contributed by atoms with Gasteiger partial charge in [0.1, 0.15) is 0 Å². The van der Waals surface area contributed by atoms with Gasteiger partial charge in [-0.3, -0.25) is 4.90 Å². The summed E-state index contributed by atoms with van der Waals surface area (Å²) >= 11 is 2.08. The first-order chi connectivity index (χ1) is 10.8. The molecule has 1 rings (SSSR count). The van der Waals surface area contributed by atoms with Crippen molar-refractivity contribution in [3.8, 4) is 0 Å². The second kappa shape index (κ2) is 14.1. The molecule has 0 radical (unpaired) electrons. The second-order valence-electron chi connectivity index (χ2n) is 6.37. The maximum absolute atomic E-state index is 2.41. The molecule has 0 atom stereocenters. The Labute approximate surface area is 142 Å². The lowest BCUT2D eigenvalue weighted by atomic mass is 10.1. The van der Waals surface area contributed by atoms with E-state index >= 15 is 0 Å². The van der Waals surface area contributed by atoms with Crippen LogP contribution in [0.25, 0.3) is 0 Å². The summed E-state index contributed by atoms with van der Waals surface area (Å²) in [6.07, 6.45) is 12.8. The van der Waals surface area contributed by atoms with Gasteiger partial charge in [-0.15, -0.1) is 11.8 Å². The van der Waals surface area contributed by atoms with Crippen LogP contribution < -0.4 is 0 Å². The van der Waals surface area contributed by atoms with Gasteiger partial charge in [0.2, 0.25) is 0 Å². The highest BCUT2D eigenvalue weighted by molar-refractivity contribution is 7.99. The summed E-state index contributed by atoms with van der Waals surface area (Å²) in [5.41, 5.74) is 1.41. The average Bonchev–Trinajstić information content (AvgIpc) is 2.53. The molecule has 0 unspecified atom stereocenters. The zero-order chi connectivity index (χ0) is 15.9. The van der Waals surface area contributed by atoms with Crippen molar-refractivity contribution < 1.29 is 0 Å². The fourth-order valence-electron chi connectivity index (χ4n) is 2.68. The SMILES string of the molecule is CCCCCCCCCCCSCN(C)Cc1ccccc1. The van der Waals surface area contributed by atoms with Crippen molar-refractivity contribution in [3.63, 3.8) is 0 Å². The minimum absolute atomic E-state index is 1.06. The minimum Gasteiger partial charge on any atom is -0.293 e. The van der Waals surface area contributed by atoms with Gasteiger partial charge in [0.05, 0.1) is 0 Å². The van der Waals surface area contributed by atoms with E-state index in [1.54, 1.807) is 0 Å². The molecule has 0 heterocycles. The highest BCUT2D eigenvalue weighted by Crippen LogP contribution is 2.13. The van der Waals surface area contributed by atoms with Gasteiger partial charge in [-0.2, -0.15) is 0 Å². The lowest BCUT2D eigenvalue weighted by Crippen LogP contribution is -2.17. The number of benzene rings is 1. The Hall–Kier alpha value is -0.470. The van der Waals surface area contributed by atoms with Crippen molar-refractivity contribution in [2.45, 2.75) is 71.3 Å². The Morgan fingerprint density at radius 2 is 1.41 bits per heavy atom. The van der Waals surface area contributed by atoms with E-state index in [9.17, 15) is 0 Å². The van der Waals surface area contributed by atoms with Crippen molar-refractivity contribution in [3.05, 3.63) is 35.9 Å². The molecule has 2 heteroatoms. The molecule has 22 heavy (non-hydrogen) atoms. The summed E-state index contributed by atoms with van der Waals surface area (Å²) in [7, 11) is 2.22. The van der Waals surface area contributed by atoms with E-state index in [0.717, 1.165) is 12.4 Å². The molecule has 1 aromatic rings. The standard InChI is InChI=1S/C20H35NS/c1-3-4-5-6-7-8-9-10-14-17-22-19-21(2)18-20-15-12-11-13-16-20/h11-13,15-16H,3-10,14,17-19H2,1-2H3. The summed E-state index contributed by atoms with van der Waals surface area (Å²) in [6, 6.07) is 10.8. The zero-order valence-electron chi connectivity index (χ0n) is 14.7. The molecule has 0 N–H and O–H groups in total. The summed E-state index contributed by atoms with van der Waals surface area (Å²) in [4.78, 5) is 2.41. The monoisotopic (exact) mass is 321 g/mol. The molecule has 126 valence electrons. The van der Waals surface area contributed by atoms with Crippen molar-refractivity contribution in [2.75, 3.05) is 18.7 Å². The Morgan fingerprint density at radius 3 is 2.05 bits per heavy atom. The summed E-state index contributed by atoms with van der Waals surface area (Å²) in [6.45, 7) is 3.35. The van der Waals surface area contributed by atoms with Crippen LogP contribution in [0, 0.1) is 0 Å². The maximum atomic E-state index is 2.41. The number of thioether (sulfide) groups is 1. The van der Waals surface area contributed by atoms with E-state index in [-0.39, 0.29) is 0 Å². The van der Waals surface area contributed by atoms with Gasteiger partial charge in [-0.25, -0.2) is 0 Å². The fourth-order valence-corrected chi connectivity index (χ4v) is 3.62. The number of unbranched alkanes of at least 4 members (excludes halogenated alkanes) is 8. The Morgan fingerprint density at radius 1 is 0.818 bits per heavy atom. The topological polar surface area (TPSA) is 3.24 Å². The molecule has 0 aliphatic heterocycles. The number of hydrogen-bond donors (Lipinski definition) is 0. The molecule has 1 aromatic carbocycles. The first-order valence-corrected chi connectivity index (χ1v) is 10.3. The van der Waals surface area contributed by atoms with Gasteiger partial charge in [-0.1, -0.05) is 88.6 Å². The van der Waals surface area contributed by atoms with E-state index < -0.39 is 0 Å². The third-order valence-corrected chi connectivity index (χ3v) is 5.20. The zero-order valence-corrected chi connectivity index (χ0v) is 15.5. The molecule has 0 aromatic heterocycles. The van der Waals surface area contributed by atoms with E-state index in [0.29, 0.717) is 0 Å². The van der Waals surface area contributed by atoms with Crippen molar-refractivity contribution in [1.29, 1.82) is 0 Å². The molecule has 0 spiro atoms. The molecule has 0 fully saturated rings. The van der Waals surface area contributed by atoms with Crippen LogP contribution >= 0.6 is 11.8 Å². The van der Waals surface area contributed by atoms with Crippen molar-refractivity contribution >= 4 is 11.8 Å². The second-order valence-corrected chi connectivity index (χ2v) is 7.44. The Kier molecular flexibility index (Phi) is 12.6. The molecule has 0 bridgehead atoms. The normalized spacial score (nSPS) is 11.2. The van der Waals surface area contributed by atoms with Crippen LogP contribution in [0.1, 0.15) is 70.3 Å². The van der Waals surface area contributed by atoms with Crippen LogP contribution in [0.3, 0.4) is 0 Å². The van der Waals surface area contributed by atoms with E-state index in [1.165, 1.54) is 69.1 Å². The fraction of sp³-hybridized carbons (Fsp3) is 0.700. The van der Waals surface area contributed by atoms with Gasteiger partial charge < -0.3 is 0 Å². The van der Waals surface area contributed by atoms with E-state index in [4.69, 9.17) is 0 Å². The predicted octanol–water partition coefficient (Wildman–Crippen LogP) is 6.34. The Balaban J connectivity index is 1.85. The smallest absolute Gasteiger partial charge is 0.0444 e. The van der Waals surface area contributed by atoms with Crippen LogP contribution in [0.4, 0.5) is 0 Å². The van der Waals surface area contributed by atoms with Gasteiger partial charge in [0.25, 0.3) is 0 Å². The molecule has 0 saturated heterocycles. The Bertz CT molecular complexity index is 339. The van der Waals surface area contributed by atoms with Crippen LogP contribution in [0.2, 0.25) is 0 Å². The largest absolute Gasteiger partial charge is 0.293 e. The lowest BCUT2D eigenvalue weighted by Gasteiger charge is -2.16. The first-order valence-electron chi connectivity index (χ1n) is 9.13. The molecular weight excluding hydrogens is 286 g/mol. The van der Waals surface area contributed by atoms with Gasteiger partial charge in [0, 0.05) is 12.4 Å². The number of hydrogen-bond acceptors (Lipinski definition) is 2. The summed E-state index contributed by atoms with van der Waals surface area (Å²) < 4.78 is 0. The van der Waals surface area contributed by atoms with Crippen LogP contribution in [0.5, 0.6) is 0 Å². The quantitative estimate of drug-likeness (QED) is 0.290.